The number of fused-ring (bicyclic) bond motifs is 6. The van der Waals surface area contributed by atoms with Crippen molar-refractivity contribution >= 4 is 35.2 Å². The molecule has 222 valence electrons. The average molecular weight is 592 g/mol. The third kappa shape index (κ3) is 4.52. The lowest BCUT2D eigenvalue weighted by molar-refractivity contribution is 0.0122. The molecular weight excluding hydrogens is 556 g/mol. The van der Waals surface area contributed by atoms with Crippen molar-refractivity contribution in [3.63, 3.8) is 0 Å². The number of amides is 1. The van der Waals surface area contributed by atoms with Crippen LogP contribution in [0.15, 0.2) is 10.1 Å². The molecule has 10 nitrogen and oxygen atoms in total. The summed E-state index contributed by atoms with van der Waals surface area (Å²) in [6, 6.07) is -0.103. The maximum Gasteiger partial charge on any atom is 0.410 e. The quantitative estimate of drug-likeness (QED) is 0.487. The van der Waals surface area contributed by atoms with Crippen molar-refractivity contribution in [3.8, 4) is 6.01 Å². The van der Waals surface area contributed by atoms with Crippen LogP contribution < -0.4 is 9.64 Å². The third-order valence-electron chi connectivity index (χ3n) is 9.18. The molecule has 13 heteroatoms. The van der Waals surface area contributed by atoms with E-state index in [0.29, 0.717) is 56.4 Å². The smallest absolute Gasteiger partial charge is 0.410 e. The summed E-state index contributed by atoms with van der Waals surface area (Å²) in [6.45, 7) is 9.04. The van der Waals surface area contributed by atoms with Crippen molar-refractivity contribution in [2.45, 2.75) is 82.3 Å². The molecule has 0 radical (unpaired) electrons. The normalized spacial score (nSPS) is 30.9. The van der Waals surface area contributed by atoms with Gasteiger partial charge in [0.1, 0.15) is 40.9 Å². The lowest BCUT2D eigenvalue weighted by Crippen LogP contribution is -2.57. The molecule has 7 rings (SSSR count). The first kappa shape index (κ1) is 27.1. The van der Waals surface area contributed by atoms with Crippen molar-refractivity contribution in [2.24, 2.45) is 4.99 Å². The molecule has 2 bridgehead atoms. The molecule has 41 heavy (non-hydrogen) atoms. The number of anilines is 1. The van der Waals surface area contributed by atoms with Gasteiger partial charge in [-0.3, -0.25) is 14.8 Å². The van der Waals surface area contributed by atoms with Crippen LogP contribution in [0.2, 0.25) is 0 Å². The van der Waals surface area contributed by atoms with E-state index in [0.717, 1.165) is 32.2 Å². The van der Waals surface area contributed by atoms with E-state index in [2.05, 4.69) is 19.8 Å². The van der Waals surface area contributed by atoms with Crippen LogP contribution in [0.3, 0.4) is 0 Å². The van der Waals surface area contributed by atoms with E-state index in [9.17, 15) is 9.18 Å². The summed E-state index contributed by atoms with van der Waals surface area (Å²) in [4.78, 5) is 34.8. The topological polar surface area (TPSA) is 86.6 Å². The predicted octanol–water partition coefficient (Wildman–Crippen LogP) is 3.93. The zero-order chi connectivity index (χ0) is 28.7. The standard InChI is InChI=1S/C28H36ClF2N7O3/c1-27(2,3)41-26(39)38-17-5-6-18(38)14-35(13-17)24-19-21(20(31)22(29)37-10-8-32-23(19)37)33-25(34-24)40-15-28-7-4-9-36(28)12-16(30)11-28/h16-18H,4-15H2,1-3H3/t16-,17?,18?,28+/m1/s1. The van der Waals surface area contributed by atoms with Crippen LogP contribution in [0.5, 0.6) is 6.01 Å². The number of rotatable bonds is 4. The van der Waals surface area contributed by atoms with Crippen LogP contribution in [0.4, 0.5) is 19.4 Å². The van der Waals surface area contributed by atoms with Crippen molar-refractivity contribution in [2.75, 3.05) is 50.8 Å². The Kier molecular flexibility index (Phi) is 6.39. The highest BCUT2D eigenvalue weighted by atomic mass is 35.5. The lowest BCUT2D eigenvalue weighted by Gasteiger charge is -2.42. The number of aromatic nitrogens is 2. The van der Waals surface area contributed by atoms with Gasteiger partial charge < -0.3 is 19.3 Å². The van der Waals surface area contributed by atoms with Crippen LogP contribution in [-0.4, -0.2) is 112 Å². The Balaban J connectivity index is 1.23. The minimum absolute atomic E-state index is 0.0378. The van der Waals surface area contributed by atoms with Gasteiger partial charge in [0.05, 0.1) is 29.7 Å². The maximum absolute atomic E-state index is 15.8. The molecule has 0 N–H and O–H groups in total. The number of nitrogens with zero attached hydrogens (tertiary/aromatic N) is 7. The molecule has 1 aromatic heterocycles. The summed E-state index contributed by atoms with van der Waals surface area (Å²) in [5, 5.41) is -0.0456. The lowest BCUT2D eigenvalue weighted by atomic mass is 9.95. The molecule has 6 aliphatic heterocycles. The Morgan fingerprint density at radius 3 is 2.63 bits per heavy atom. The summed E-state index contributed by atoms with van der Waals surface area (Å²) >= 11 is 6.45. The van der Waals surface area contributed by atoms with Gasteiger partial charge in [-0.25, -0.2) is 13.6 Å². The van der Waals surface area contributed by atoms with Gasteiger partial charge in [-0.2, -0.15) is 9.97 Å². The second-order valence-corrected chi connectivity index (χ2v) is 13.4. The Morgan fingerprint density at radius 2 is 1.90 bits per heavy atom. The molecular formula is C28H36ClF2N7O3. The zero-order valence-corrected chi connectivity index (χ0v) is 24.5. The highest BCUT2D eigenvalue weighted by Crippen LogP contribution is 2.43. The molecule has 0 saturated carbocycles. The van der Waals surface area contributed by atoms with Crippen LogP contribution in [0.25, 0.3) is 5.83 Å². The molecule has 6 aliphatic rings. The van der Waals surface area contributed by atoms with Crippen LogP contribution in [-0.2, 0) is 4.74 Å². The average Bonchev–Trinajstić information content (AvgIpc) is 3.66. The second kappa shape index (κ2) is 9.65. The van der Waals surface area contributed by atoms with Gasteiger partial charge in [-0.1, -0.05) is 11.6 Å². The van der Waals surface area contributed by atoms with Gasteiger partial charge >= 0.3 is 12.1 Å². The Morgan fingerprint density at radius 1 is 1.15 bits per heavy atom. The van der Waals surface area contributed by atoms with E-state index >= 15 is 4.39 Å². The molecule has 4 atom stereocenters. The summed E-state index contributed by atoms with van der Waals surface area (Å²) in [7, 11) is 0. The number of hydrogen-bond donors (Lipinski definition) is 0. The number of amidine groups is 1. The zero-order valence-electron chi connectivity index (χ0n) is 23.7. The Labute approximate surface area is 243 Å². The number of carbonyl (C=O) groups excluding carboxylic acids is 1. The van der Waals surface area contributed by atoms with Gasteiger partial charge in [0, 0.05) is 32.6 Å². The third-order valence-corrected chi connectivity index (χ3v) is 9.55. The molecule has 7 heterocycles. The van der Waals surface area contributed by atoms with Gasteiger partial charge in [0.25, 0.3) is 0 Å². The second-order valence-electron chi connectivity index (χ2n) is 13.1. The van der Waals surface area contributed by atoms with Gasteiger partial charge in [0.15, 0.2) is 5.83 Å². The number of aliphatic imine (C=N–C) groups is 1. The van der Waals surface area contributed by atoms with Crippen LogP contribution >= 0.6 is 11.6 Å². The number of halogens is 3. The number of piperazine rings is 1. The number of hydrogen-bond acceptors (Lipinski definition) is 9. The molecule has 2 unspecified atom stereocenters. The molecule has 1 amide bonds. The molecule has 0 aliphatic carbocycles. The van der Waals surface area contributed by atoms with Gasteiger partial charge in [0.2, 0.25) is 0 Å². The summed E-state index contributed by atoms with van der Waals surface area (Å²) in [5.74, 6) is 0.425. The number of ether oxygens (including phenoxy) is 2. The summed E-state index contributed by atoms with van der Waals surface area (Å²) < 4.78 is 42.1. The summed E-state index contributed by atoms with van der Waals surface area (Å²) in [6.07, 6.45) is 2.72. The van der Waals surface area contributed by atoms with Crippen molar-refractivity contribution in [3.05, 3.63) is 16.4 Å². The van der Waals surface area contributed by atoms with Crippen molar-refractivity contribution in [1.29, 1.82) is 0 Å². The minimum atomic E-state index is -0.888. The van der Waals surface area contributed by atoms with E-state index in [1.54, 1.807) is 4.90 Å². The first-order valence-corrected chi connectivity index (χ1v) is 15.0. The van der Waals surface area contributed by atoms with Gasteiger partial charge in [-0.15, -0.1) is 0 Å². The molecule has 0 aromatic carbocycles. The minimum Gasteiger partial charge on any atom is -0.461 e. The maximum atomic E-state index is 15.8. The fraction of sp³-hybridized carbons (Fsp3) is 0.714. The van der Waals surface area contributed by atoms with Crippen molar-refractivity contribution < 1.29 is 23.0 Å². The van der Waals surface area contributed by atoms with E-state index in [1.165, 1.54) is 0 Å². The highest BCUT2D eigenvalue weighted by molar-refractivity contribution is 6.35. The van der Waals surface area contributed by atoms with Crippen molar-refractivity contribution in [1.82, 2.24) is 24.7 Å². The SMILES string of the molecule is CC(C)(C)OC(=O)N1C2CCC1CN(c1nc(OC[C@@]34CCCN3C[C@H](F)C4)nc3c1C1=NCCN1C(Cl)=C3F)C2. The fourth-order valence-electron chi connectivity index (χ4n) is 7.49. The Bertz CT molecular complexity index is 1320. The van der Waals surface area contributed by atoms with Crippen LogP contribution in [0, 0.1) is 0 Å². The van der Waals surface area contributed by atoms with Crippen LogP contribution in [0.1, 0.15) is 64.1 Å². The number of carbonyl (C=O) groups is 1. The fourth-order valence-corrected chi connectivity index (χ4v) is 7.75. The first-order chi connectivity index (χ1) is 19.5. The molecule has 4 saturated heterocycles. The number of alkyl halides is 1. The van der Waals surface area contributed by atoms with Gasteiger partial charge in [-0.05, 0) is 53.0 Å². The molecule has 4 fully saturated rings. The Hall–Kier alpha value is -2.73. The van der Waals surface area contributed by atoms with E-state index in [4.69, 9.17) is 26.1 Å². The summed E-state index contributed by atoms with van der Waals surface area (Å²) in [5.41, 5.74) is -0.430. The molecule has 0 spiro atoms. The van der Waals surface area contributed by atoms with E-state index in [1.807, 2.05) is 25.7 Å². The monoisotopic (exact) mass is 591 g/mol. The van der Waals surface area contributed by atoms with E-state index < -0.39 is 23.1 Å². The first-order valence-electron chi connectivity index (χ1n) is 14.6. The van der Waals surface area contributed by atoms with E-state index in [-0.39, 0.29) is 41.6 Å². The predicted molar refractivity (Wildman–Crippen MR) is 150 cm³/mol. The largest absolute Gasteiger partial charge is 0.461 e. The molecule has 1 aromatic rings. The highest BCUT2D eigenvalue weighted by Gasteiger charge is 2.50.